The summed E-state index contributed by atoms with van der Waals surface area (Å²) in [5.41, 5.74) is 9.12. The summed E-state index contributed by atoms with van der Waals surface area (Å²) in [5, 5.41) is 2.11. The topological polar surface area (TPSA) is 50.8 Å². The molecule has 0 radical (unpaired) electrons. The molecule has 0 fully saturated rings. The zero-order valence-electron chi connectivity index (χ0n) is 18.7. The molecule has 0 saturated heterocycles. The van der Waals surface area contributed by atoms with E-state index in [0.717, 1.165) is 58.3 Å². The highest BCUT2D eigenvalue weighted by Crippen LogP contribution is 2.39. The van der Waals surface area contributed by atoms with E-state index in [0.29, 0.717) is 11.6 Å². The zero-order chi connectivity index (χ0) is 22.5. The predicted octanol–water partition coefficient (Wildman–Crippen LogP) is 6.78. The number of aliphatic imine (C=N–C) groups is 2. The maximum Gasteiger partial charge on any atom is 0.227 e. The second-order valence-corrected chi connectivity index (χ2v) is 8.92. The summed E-state index contributed by atoms with van der Waals surface area (Å²) in [6, 6.07) is 17.1. The van der Waals surface area contributed by atoms with Crippen molar-refractivity contribution in [2.24, 2.45) is 9.98 Å². The monoisotopic (exact) mass is 431 g/mol. The lowest BCUT2D eigenvalue weighted by Gasteiger charge is -2.32. The molecular weight excluding hydrogens is 406 g/mol. The predicted molar refractivity (Wildman–Crippen MR) is 136 cm³/mol. The average Bonchev–Trinajstić information content (AvgIpc) is 3.20. The molecule has 2 aliphatic heterocycles. The second-order valence-electron chi connectivity index (χ2n) is 8.92. The Bertz CT molecular complexity index is 1500. The van der Waals surface area contributed by atoms with Gasteiger partial charge in [-0.25, -0.2) is 4.98 Å². The minimum absolute atomic E-state index is 0.109. The largest absolute Gasteiger partial charge is 0.437 e. The third-order valence-electron chi connectivity index (χ3n) is 6.96. The number of hydrogen-bond donors (Lipinski definition) is 0. The van der Waals surface area contributed by atoms with Crippen LogP contribution in [0.3, 0.4) is 0 Å². The molecule has 2 aliphatic rings. The normalized spacial score (nSPS) is 22.0. The Morgan fingerprint density at radius 3 is 2.82 bits per heavy atom. The number of fused-ring (bicyclic) bond motifs is 8. The van der Waals surface area contributed by atoms with Crippen LogP contribution in [0.5, 0.6) is 0 Å². The fourth-order valence-corrected chi connectivity index (χ4v) is 5.51. The van der Waals surface area contributed by atoms with Crippen molar-refractivity contribution in [1.29, 1.82) is 0 Å². The fraction of sp³-hybridized carbons (Fsp3) is 0.207. The summed E-state index contributed by atoms with van der Waals surface area (Å²) in [7, 11) is 0. The van der Waals surface area contributed by atoms with Crippen LogP contribution in [-0.2, 0) is 6.42 Å². The first-order chi connectivity index (χ1) is 16.1. The van der Waals surface area contributed by atoms with Crippen LogP contribution in [0.25, 0.3) is 22.1 Å². The summed E-state index contributed by atoms with van der Waals surface area (Å²) in [4.78, 5) is 14.5. The number of allylic oxidation sites excluding steroid dienone is 1. The third kappa shape index (κ3) is 3.17. The Balaban J connectivity index is 1.52. The highest BCUT2D eigenvalue weighted by molar-refractivity contribution is 6.15. The Kier molecular flexibility index (Phi) is 4.61. The second kappa shape index (κ2) is 7.66. The van der Waals surface area contributed by atoms with E-state index in [1.165, 1.54) is 16.7 Å². The molecule has 0 N–H and O–H groups in total. The van der Waals surface area contributed by atoms with Crippen LogP contribution in [-0.4, -0.2) is 22.4 Å². The van der Waals surface area contributed by atoms with Gasteiger partial charge in [-0.3, -0.25) is 9.98 Å². The van der Waals surface area contributed by atoms with E-state index in [-0.39, 0.29) is 6.04 Å². The van der Waals surface area contributed by atoms with Crippen LogP contribution in [0.2, 0.25) is 0 Å². The van der Waals surface area contributed by atoms with E-state index in [1.807, 2.05) is 12.1 Å². The van der Waals surface area contributed by atoms with Gasteiger partial charge in [0.25, 0.3) is 0 Å². The Morgan fingerprint density at radius 2 is 1.94 bits per heavy atom. The van der Waals surface area contributed by atoms with Crippen molar-refractivity contribution in [1.82, 2.24) is 4.98 Å². The van der Waals surface area contributed by atoms with E-state index < -0.39 is 0 Å². The van der Waals surface area contributed by atoms with Crippen molar-refractivity contribution < 1.29 is 4.42 Å². The number of benzene rings is 2. The van der Waals surface area contributed by atoms with Crippen molar-refractivity contribution in [3.63, 3.8) is 0 Å². The van der Waals surface area contributed by atoms with Gasteiger partial charge in [-0.2, -0.15) is 0 Å². The SMILES string of the molecule is C=CC1=NC2CC(=C)/N=C(/C)c3c(ccc4c3oc3ncccc34)CCC2c2ccccc21. The molecule has 4 aromatic rings. The van der Waals surface area contributed by atoms with Gasteiger partial charge in [0.05, 0.1) is 11.8 Å². The Hall–Kier alpha value is -3.79. The average molecular weight is 432 g/mol. The molecular formula is C29H25N3O. The van der Waals surface area contributed by atoms with Crippen LogP contribution in [0, 0.1) is 0 Å². The molecule has 2 aromatic carbocycles. The highest BCUT2D eigenvalue weighted by Gasteiger charge is 2.31. The maximum absolute atomic E-state index is 6.26. The number of pyridine rings is 1. The van der Waals surface area contributed by atoms with Crippen LogP contribution in [0.4, 0.5) is 0 Å². The lowest BCUT2D eigenvalue weighted by atomic mass is 9.78. The molecule has 162 valence electrons. The zero-order valence-corrected chi connectivity index (χ0v) is 18.7. The number of nitrogens with zero attached hydrogens (tertiary/aromatic N) is 3. The summed E-state index contributed by atoms with van der Waals surface area (Å²) in [5.74, 6) is 0.302. The van der Waals surface area contributed by atoms with Gasteiger partial charge in [0.15, 0.2) is 0 Å². The van der Waals surface area contributed by atoms with Crippen LogP contribution in [0.1, 0.15) is 47.9 Å². The molecule has 4 nitrogen and oxygen atoms in total. The summed E-state index contributed by atoms with van der Waals surface area (Å²) < 4.78 is 6.26. The van der Waals surface area contributed by atoms with Gasteiger partial charge >= 0.3 is 0 Å². The van der Waals surface area contributed by atoms with Crippen molar-refractivity contribution >= 4 is 33.5 Å². The lowest BCUT2D eigenvalue weighted by Crippen LogP contribution is -2.27. The number of rotatable bonds is 1. The first kappa shape index (κ1) is 19.9. The van der Waals surface area contributed by atoms with Gasteiger partial charge in [-0.05, 0) is 49.1 Å². The van der Waals surface area contributed by atoms with Gasteiger partial charge in [0.2, 0.25) is 5.71 Å². The van der Waals surface area contributed by atoms with Crippen molar-refractivity contribution in [2.75, 3.05) is 0 Å². The fourth-order valence-electron chi connectivity index (χ4n) is 5.51. The van der Waals surface area contributed by atoms with Crippen LogP contribution >= 0.6 is 0 Å². The summed E-state index contributed by atoms with van der Waals surface area (Å²) in [6.07, 6.45) is 6.27. The molecule has 2 atom stereocenters. The molecule has 0 amide bonds. The van der Waals surface area contributed by atoms with E-state index in [4.69, 9.17) is 14.4 Å². The number of furan rings is 1. The summed E-state index contributed by atoms with van der Waals surface area (Å²) >= 11 is 0. The van der Waals surface area contributed by atoms with Gasteiger partial charge in [-0.15, -0.1) is 0 Å². The van der Waals surface area contributed by atoms with E-state index >= 15 is 0 Å². The molecule has 4 heterocycles. The maximum atomic E-state index is 6.26. The van der Waals surface area contributed by atoms with E-state index in [2.05, 4.69) is 67.5 Å². The number of hydrogen-bond acceptors (Lipinski definition) is 4. The minimum Gasteiger partial charge on any atom is -0.437 e. The third-order valence-corrected chi connectivity index (χ3v) is 6.96. The lowest BCUT2D eigenvalue weighted by molar-refractivity contribution is 0.490. The summed E-state index contributed by atoms with van der Waals surface area (Å²) in [6.45, 7) is 10.4. The quantitative estimate of drug-likeness (QED) is 0.333. The molecule has 2 aromatic heterocycles. The number of aryl methyl sites for hydroxylation is 1. The van der Waals surface area contributed by atoms with Crippen LogP contribution in [0.15, 0.2) is 94.1 Å². The van der Waals surface area contributed by atoms with Gasteiger partial charge in [0.1, 0.15) is 5.58 Å². The van der Waals surface area contributed by atoms with Gasteiger partial charge in [-0.1, -0.05) is 49.6 Å². The number of aromatic nitrogens is 1. The van der Waals surface area contributed by atoms with E-state index in [1.54, 1.807) is 6.20 Å². The van der Waals surface area contributed by atoms with Crippen molar-refractivity contribution in [2.45, 2.75) is 38.1 Å². The molecule has 2 unspecified atom stereocenters. The molecule has 0 spiro atoms. The Labute approximate surface area is 193 Å². The van der Waals surface area contributed by atoms with E-state index in [9.17, 15) is 0 Å². The molecule has 0 bridgehead atoms. The standard InChI is InChI=1S/C29H25N3O/c1-4-25-21-9-6-5-8-20(21)22-13-11-19-12-14-23-24-10-7-15-30-29(24)33-28(23)27(19)18(3)31-17(2)16-26(22)32-25/h4-10,12,14-15,22,26H,1-2,11,13,16H2,3H3/b31-18-. The smallest absolute Gasteiger partial charge is 0.227 e. The first-order valence-corrected chi connectivity index (χ1v) is 11.5. The first-order valence-electron chi connectivity index (χ1n) is 11.5. The van der Waals surface area contributed by atoms with Gasteiger partial charge in [0, 0.05) is 51.8 Å². The molecule has 6 rings (SSSR count). The Morgan fingerprint density at radius 1 is 1.06 bits per heavy atom. The van der Waals surface area contributed by atoms with Crippen molar-refractivity contribution in [3.8, 4) is 0 Å². The van der Waals surface area contributed by atoms with Crippen molar-refractivity contribution in [3.05, 3.63) is 102 Å². The highest BCUT2D eigenvalue weighted by atomic mass is 16.3. The molecule has 0 saturated carbocycles. The minimum atomic E-state index is 0.109. The molecule has 4 heteroatoms. The van der Waals surface area contributed by atoms with Gasteiger partial charge < -0.3 is 4.42 Å². The molecule has 33 heavy (non-hydrogen) atoms. The van der Waals surface area contributed by atoms with Crippen LogP contribution < -0.4 is 0 Å². The molecule has 0 aliphatic carbocycles.